The van der Waals surface area contributed by atoms with Crippen LogP contribution >= 0.6 is 27.5 Å². The molecule has 7 nitrogen and oxygen atoms in total. The van der Waals surface area contributed by atoms with E-state index in [0.717, 1.165) is 4.47 Å². The molecule has 5 atom stereocenters. The number of aliphatic carboxylic acids is 1. The van der Waals surface area contributed by atoms with E-state index in [1.54, 1.807) is 48.5 Å². The Labute approximate surface area is 208 Å². The van der Waals surface area contributed by atoms with Gasteiger partial charge in [-0.3, -0.25) is 4.79 Å². The molecule has 2 aromatic carbocycles. The number of benzene rings is 2. The predicted octanol–water partition coefficient (Wildman–Crippen LogP) is 4.62. The standard InChI is InChI=1S/C25H18BrClN2O5/c1-33-22-21-17(11-18(27)29-22)34-25(14-7-9-15(26)10-8-14)20(13-5-3-2-4-6-13)19(23(30)31)16(12-28)24(21,25)32/h2-11,16,19-20,32H,1H3,(H,30,31)/t16-,19-,20+,24+,25-/m0/s1. The van der Waals surface area contributed by atoms with E-state index in [2.05, 4.69) is 27.0 Å². The smallest absolute Gasteiger partial charge is 0.308 e. The summed E-state index contributed by atoms with van der Waals surface area (Å²) < 4.78 is 12.8. The van der Waals surface area contributed by atoms with Crippen molar-refractivity contribution in [1.82, 2.24) is 4.98 Å². The first kappa shape index (κ1) is 22.7. The van der Waals surface area contributed by atoms with Crippen LogP contribution in [0.1, 0.15) is 22.6 Å². The van der Waals surface area contributed by atoms with Crippen molar-refractivity contribution in [2.45, 2.75) is 17.1 Å². The Bertz CT molecular complexity index is 1330. The molecule has 172 valence electrons. The normalized spacial score (nSPS) is 29.0. The molecule has 0 bridgehead atoms. The number of ether oxygens (including phenoxy) is 2. The SMILES string of the molecule is COc1nc(Cl)cc2c1[C@]1(O)[C@@H](C#N)[C@H](C(=O)O)[C@@H](c3ccccc3)[C@]1(c1ccc(Br)cc1)O2. The van der Waals surface area contributed by atoms with Crippen molar-refractivity contribution >= 4 is 33.5 Å². The number of carbonyl (C=O) groups is 1. The Hall–Kier alpha value is -3.12. The van der Waals surface area contributed by atoms with Crippen LogP contribution in [0.2, 0.25) is 5.15 Å². The topological polar surface area (TPSA) is 113 Å². The van der Waals surface area contributed by atoms with Gasteiger partial charge < -0.3 is 19.7 Å². The number of hydrogen-bond acceptors (Lipinski definition) is 6. The van der Waals surface area contributed by atoms with Gasteiger partial charge in [-0.15, -0.1) is 0 Å². The molecule has 0 spiro atoms. The number of rotatable bonds is 4. The lowest BCUT2D eigenvalue weighted by molar-refractivity contribution is -0.144. The summed E-state index contributed by atoms with van der Waals surface area (Å²) >= 11 is 9.63. The third-order valence-electron chi connectivity index (χ3n) is 6.79. The number of aromatic nitrogens is 1. The van der Waals surface area contributed by atoms with Gasteiger partial charge >= 0.3 is 5.97 Å². The maximum Gasteiger partial charge on any atom is 0.308 e. The molecule has 5 rings (SSSR count). The van der Waals surface area contributed by atoms with Crippen molar-refractivity contribution in [3.05, 3.63) is 87.0 Å². The summed E-state index contributed by atoms with van der Waals surface area (Å²) in [7, 11) is 1.36. The maximum absolute atomic E-state index is 12.7. The lowest BCUT2D eigenvalue weighted by Crippen LogP contribution is -2.50. The molecular formula is C25H18BrClN2O5. The first-order chi connectivity index (χ1) is 16.3. The molecule has 0 saturated heterocycles. The number of carboxylic acid groups (broad SMARTS) is 1. The van der Waals surface area contributed by atoms with Crippen LogP contribution in [-0.4, -0.2) is 28.3 Å². The number of halogens is 2. The number of carboxylic acids is 1. The lowest BCUT2D eigenvalue weighted by Gasteiger charge is -2.40. The van der Waals surface area contributed by atoms with E-state index in [1.807, 2.05) is 6.07 Å². The highest BCUT2D eigenvalue weighted by Gasteiger charge is 2.78. The first-order valence-electron chi connectivity index (χ1n) is 10.4. The summed E-state index contributed by atoms with van der Waals surface area (Å²) in [6, 6.07) is 19.5. The van der Waals surface area contributed by atoms with Gasteiger partial charge in [-0.25, -0.2) is 4.98 Å². The van der Waals surface area contributed by atoms with Crippen LogP contribution in [-0.2, 0) is 16.0 Å². The number of aliphatic hydroxyl groups is 1. The van der Waals surface area contributed by atoms with E-state index in [1.165, 1.54) is 13.2 Å². The highest BCUT2D eigenvalue weighted by Crippen LogP contribution is 2.71. The van der Waals surface area contributed by atoms with E-state index in [4.69, 9.17) is 21.1 Å². The van der Waals surface area contributed by atoms with Crippen molar-refractivity contribution in [3.8, 4) is 17.7 Å². The highest BCUT2D eigenvalue weighted by molar-refractivity contribution is 9.10. The van der Waals surface area contributed by atoms with Crippen LogP contribution in [0, 0.1) is 23.2 Å². The molecule has 34 heavy (non-hydrogen) atoms. The Morgan fingerprint density at radius 1 is 1.24 bits per heavy atom. The second-order valence-electron chi connectivity index (χ2n) is 8.30. The molecular weight excluding hydrogens is 524 g/mol. The van der Waals surface area contributed by atoms with Crippen molar-refractivity contribution in [2.75, 3.05) is 7.11 Å². The van der Waals surface area contributed by atoms with Gasteiger partial charge in [0.15, 0.2) is 11.2 Å². The van der Waals surface area contributed by atoms with Crippen LogP contribution in [0.15, 0.2) is 65.1 Å². The quantitative estimate of drug-likeness (QED) is 0.464. The lowest BCUT2D eigenvalue weighted by atomic mass is 9.70. The fourth-order valence-corrected chi connectivity index (χ4v) is 6.04. The van der Waals surface area contributed by atoms with Crippen molar-refractivity contribution in [1.29, 1.82) is 5.26 Å². The molecule has 1 saturated carbocycles. The molecule has 3 aromatic rings. The second kappa shape index (κ2) is 7.98. The molecule has 0 unspecified atom stereocenters. The van der Waals surface area contributed by atoms with Gasteiger partial charge in [0, 0.05) is 16.5 Å². The third kappa shape index (κ3) is 2.84. The van der Waals surface area contributed by atoms with Gasteiger partial charge in [-0.05, 0) is 23.3 Å². The highest BCUT2D eigenvalue weighted by atomic mass is 79.9. The molecule has 0 radical (unpaired) electrons. The number of nitrogens with zero attached hydrogens (tertiary/aromatic N) is 2. The van der Waals surface area contributed by atoms with E-state index in [9.17, 15) is 20.3 Å². The Balaban J connectivity index is 1.93. The van der Waals surface area contributed by atoms with Crippen molar-refractivity contribution in [3.63, 3.8) is 0 Å². The van der Waals surface area contributed by atoms with E-state index in [0.29, 0.717) is 11.1 Å². The number of fused-ring (bicyclic) bond motifs is 3. The number of nitriles is 1. The van der Waals surface area contributed by atoms with Crippen LogP contribution in [0.25, 0.3) is 0 Å². The van der Waals surface area contributed by atoms with Gasteiger partial charge in [0.25, 0.3) is 0 Å². The van der Waals surface area contributed by atoms with Gasteiger partial charge in [0.2, 0.25) is 5.88 Å². The summed E-state index contributed by atoms with van der Waals surface area (Å²) in [5.41, 5.74) is -2.57. The van der Waals surface area contributed by atoms with Gasteiger partial charge in [0.05, 0.1) is 30.6 Å². The number of pyridine rings is 1. The summed E-state index contributed by atoms with van der Waals surface area (Å²) in [5, 5.41) is 33.3. The molecule has 1 aliphatic carbocycles. The molecule has 2 aliphatic rings. The van der Waals surface area contributed by atoms with Gasteiger partial charge in [0.1, 0.15) is 10.9 Å². The zero-order valence-electron chi connectivity index (χ0n) is 17.8. The van der Waals surface area contributed by atoms with E-state index in [-0.39, 0.29) is 22.3 Å². The minimum atomic E-state index is -2.11. The van der Waals surface area contributed by atoms with Crippen LogP contribution < -0.4 is 9.47 Å². The van der Waals surface area contributed by atoms with Crippen LogP contribution in [0.5, 0.6) is 11.6 Å². The minimum absolute atomic E-state index is 0.0258. The molecule has 1 aliphatic heterocycles. The third-order valence-corrected chi connectivity index (χ3v) is 7.52. The maximum atomic E-state index is 12.7. The fourth-order valence-electron chi connectivity index (χ4n) is 5.60. The van der Waals surface area contributed by atoms with Crippen molar-refractivity contribution in [2.24, 2.45) is 11.8 Å². The molecule has 9 heteroatoms. The summed E-state index contributed by atoms with van der Waals surface area (Å²) in [6.45, 7) is 0. The number of methoxy groups -OCH3 is 1. The molecule has 1 fully saturated rings. The second-order valence-corrected chi connectivity index (χ2v) is 9.60. The largest absolute Gasteiger partial charge is 0.481 e. The van der Waals surface area contributed by atoms with Gasteiger partial charge in [-0.1, -0.05) is 70.0 Å². The minimum Gasteiger partial charge on any atom is -0.481 e. The average molecular weight is 542 g/mol. The predicted molar refractivity (Wildman–Crippen MR) is 126 cm³/mol. The molecule has 1 aromatic heterocycles. The first-order valence-corrected chi connectivity index (χ1v) is 11.6. The zero-order chi connectivity index (χ0) is 24.3. The van der Waals surface area contributed by atoms with E-state index < -0.39 is 34.9 Å². The zero-order valence-corrected chi connectivity index (χ0v) is 20.1. The summed E-state index contributed by atoms with van der Waals surface area (Å²) in [6.07, 6.45) is 0. The van der Waals surface area contributed by atoms with Crippen LogP contribution in [0.3, 0.4) is 0 Å². The van der Waals surface area contributed by atoms with Crippen molar-refractivity contribution < 1.29 is 24.5 Å². The summed E-state index contributed by atoms with van der Waals surface area (Å²) in [5.74, 6) is -4.68. The van der Waals surface area contributed by atoms with Crippen LogP contribution in [0.4, 0.5) is 0 Å². The van der Waals surface area contributed by atoms with Gasteiger partial charge in [-0.2, -0.15) is 5.26 Å². The number of hydrogen-bond donors (Lipinski definition) is 2. The van der Waals surface area contributed by atoms with E-state index >= 15 is 0 Å². The summed E-state index contributed by atoms with van der Waals surface area (Å²) in [4.78, 5) is 16.9. The fraction of sp³-hybridized carbons (Fsp3) is 0.240. The molecule has 2 N–H and O–H groups in total. The molecule has 0 amide bonds. The average Bonchev–Trinajstić information content (AvgIpc) is 3.21. The Kier molecular flexibility index (Phi) is 5.32. The monoisotopic (exact) mass is 540 g/mol. The Morgan fingerprint density at radius 2 is 1.91 bits per heavy atom. The molecule has 2 heterocycles. The Morgan fingerprint density at radius 3 is 2.50 bits per heavy atom.